The van der Waals surface area contributed by atoms with Gasteiger partial charge in [-0.2, -0.15) is 0 Å². The number of para-hydroxylation sites is 1. The number of ether oxygens (including phenoxy) is 1. The van der Waals surface area contributed by atoms with Gasteiger partial charge in [-0.05, 0) is 40.9 Å². The molecule has 0 radical (unpaired) electrons. The second kappa shape index (κ2) is 6.45. The summed E-state index contributed by atoms with van der Waals surface area (Å²) in [6.07, 6.45) is 1.62. The lowest BCUT2D eigenvalue weighted by Gasteiger charge is -2.06. The molecular formula is C11H13BrO3. The summed E-state index contributed by atoms with van der Waals surface area (Å²) < 4.78 is 6.40. The van der Waals surface area contributed by atoms with E-state index in [2.05, 4.69) is 15.9 Å². The van der Waals surface area contributed by atoms with E-state index in [0.717, 1.165) is 16.6 Å². The Kier molecular flexibility index (Phi) is 5.18. The van der Waals surface area contributed by atoms with Gasteiger partial charge in [-0.25, -0.2) is 0 Å². The molecule has 0 aromatic heterocycles. The quantitative estimate of drug-likeness (QED) is 0.810. The van der Waals surface area contributed by atoms with Crippen molar-refractivity contribution in [3.8, 4) is 5.75 Å². The van der Waals surface area contributed by atoms with Crippen molar-refractivity contribution in [3.63, 3.8) is 0 Å². The average Bonchev–Trinajstić information content (AvgIpc) is 2.20. The minimum absolute atomic E-state index is 0.208. The molecule has 0 amide bonds. The molecule has 0 aliphatic carbocycles. The first-order valence-corrected chi connectivity index (χ1v) is 5.58. The van der Waals surface area contributed by atoms with Gasteiger partial charge in [0.05, 0.1) is 11.1 Å². The van der Waals surface area contributed by atoms with Crippen LogP contribution in [0.25, 0.3) is 0 Å². The first-order valence-electron chi connectivity index (χ1n) is 4.79. The van der Waals surface area contributed by atoms with Crippen LogP contribution in [0.15, 0.2) is 28.7 Å². The first kappa shape index (κ1) is 12.0. The number of benzene rings is 1. The van der Waals surface area contributed by atoms with Crippen molar-refractivity contribution in [1.29, 1.82) is 0 Å². The topological polar surface area (TPSA) is 46.5 Å². The predicted octanol–water partition coefficient (Wildman–Crippen LogP) is 3.08. The number of carboxylic acid groups (broad SMARTS) is 1. The minimum Gasteiger partial charge on any atom is -0.492 e. The number of hydrogen-bond acceptors (Lipinski definition) is 2. The summed E-state index contributed by atoms with van der Waals surface area (Å²) in [5.74, 6) is 0.0451. The fourth-order valence-electron chi connectivity index (χ4n) is 1.12. The number of rotatable bonds is 6. The zero-order chi connectivity index (χ0) is 11.1. The number of unbranched alkanes of at least 4 members (excludes halogenated alkanes) is 1. The highest BCUT2D eigenvalue weighted by molar-refractivity contribution is 9.10. The molecule has 1 aromatic rings. The van der Waals surface area contributed by atoms with E-state index in [9.17, 15) is 4.79 Å². The van der Waals surface area contributed by atoms with Gasteiger partial charge in [0.1, 0.15) is 5.75 Å². The summed E-state index contributed by atoms with van der Waals surface area (Å²) in [5, 5.41) is 8.43. The molecule has 3 nitrogen and oxygen atoms in total. The minimum atomic E-state index is -0.754. The van der Waals surface area contributed by atoms with Crippen LogP contribution in [0.4, 0.5) is 0 Å². The summed E-state index contributed by atoms with van der Waals surface area (Å²) in [6, 6.07) is 7.60. The van der Waals surface area contributed by atoms with Crippen molar-refractivity contribution in [2.45, 2.75) is 19.3 Å². The van der Waals surface area contributed by atoms with Crippen molar-refractivity contribution >= 4 is 21.9 Å². The lowest BCUT2D eigenvalue weighted by molar-refractivity contribution is -0.137. The van der Waals surface area contributed by atoms with Gasteiger partial charge in [0.25, 0.3) is 0 Å². The third-order valence-electron chi connectivity index (χ3n) is 1.88. The lowest BCUT2D eigenvalue weighted by Crippen LogP contribution is -2.00. The molecule has 0 unspecified atom stereocenters. The number of hydrogen-bond donors (Lipinski definition) is 1. The molecule has 4 heteroatoms. The maximum absolute atomic E-state index is 10.2. The van der Waals surface area contributed by atoms with Crippen molar-refractivity contribution in [2.24, 2.45) is 0 Å². The molecule has 0 heterocycles. The van der Waals surface area contributed by atoms with Crippen LogP contribution in [0.2, 0.25) is 0 Å². The van der Waals surface area contributed by atoms with Gasteiger partial charge in [-0.1, -0.05) is 12.1 Å². The third kappa shape index (κ3) is 4.83. The zero-order valence-corrected chi connectivity index (χ0v) is 9.87. The van der Waals surface area contributed by atoms with Crippen molar-refractivity contribution in [1.82, 2.24) is 0 Å². The summed E-state index contributed by atoms with van der Waals surface area (Å²) in [6.45, 7) is 0.551. The van der Waals surface area contributed by atoms with Crippen LogP contribution in [-0.2, 0) is 4.79 Å². The molecule has 1 aromatic carbocycles. The lowest BCUT2D eigenvalue weighted by atomic mass is 10.2. The standard InChI is InChI=1S/C11H13BrO3/c12-9-5-1-2-6-10(9)15-8-4-3-7-11(13)14/h1-2,5-6H,3-4,7-8H2,(H,13,14). The van der Waals surface area contributed by atoms with Gasteiger partial charge in [-0.15, -0.1) is 0 Å². The molecule has 0 saturated heterocycles. The number of carbonyl (C=O) groups is 1. The molecule has 0 atom stereocenters. The first-order chi connectivity index (χ1) is 7.20. The van der Waals surface area contributed by atoms with Crippen LogP contribution in [0.3, 0.4) is 0 Å². The summed E-state index contributed by atoms with van der Waals surface area (Å²) in [4.78, 5) is 10.2. The van der Waals surface area contributed by atoms with E-state index in [0.29, 0.717) is 13.0 Å². The van der Waals surface area contributed by atoms with Crippen molar-refractivity contribution < 1.29 is 14.6 Å². The average molecular weight is 273 g/mol. The van der Waals surface area contributed by atoms with Crippen LogP contribution >= 0.6 is 15.9 Å². The summed E-state index contributed by atoms with van der Waals surface area (Å²) in [7, 11) is 0. The van der Waals surface area contributed by atoms with E-state index in [4.69, 9.17) is 9.84 Å². The molecule has 82 valence electrons. The van der Waals surface area contributed by atoms with Crippen LogP contribution in [0.5, 0.6) is 5.75 Å². The Labute approximate surface area is 97.2 Å². The summed E-state index contributed by atoms with van der Waals surface area (Å²) in [5.41, 5.74) is 0. The van der Waals surface area contributed by atoms with Crippen molar-refractivity contribution in [2.75, 3.05) is 6.61 Å². The molecule has 0 bridgehead atoms. The van der Waals surface area contributed by atoms with Crippen molar-refractivity contribution in [3.05, 3.63) is 28.7 Å². The maximum atomic E-state index is 10.2. The Morgan fingerprint density at radius 3 is 2.73 bits per heavy atom. The van der Waals surface area contributed by atoms with Gasteiger partial charge in [0.15, 0.2) is 0 Å². The SMILES string of the molecule is O=C(O)CCCCOc1ccccc1Br. The Balaban J connectivity index is 2.21. The molecule has 0 fully saturated rings. The maximum Gasteiger partial charge on any atom is 0.303 e. The second-order valence-corrected chi connectivity index (χ2v) is 3.98. The van der Waals surface area contributed by atoms with E-state index in [1.807, 2.05) is 24.3 Å². The molecule has 1 N–H and O–H groups in total. The van der Waals surface area contributed by atoms with Gasteiger partial charge >= 0.3 is 5.97 Å². The van der Waals surface area contributed by atoms with E-state index in [1.54, 1.807) is 0 Å². The second-order valence-electron chi connectivity index (χ2n) is 3.13. The predicted molar refractivity (Wildman–Crippen MR) is 61.1 cm³/mol. The van der Waals surface area contributed by atoms with Gasteiger partial charge in [-0.3, -0.25) is 4.79 Å². The Morgan fingerprint density at radius 1 is 1.33 bits per heavy atom. The molecule has 1 rings (SSSR count). The number of halogens is 1. The van der Waals surface area contributed by atoms with E-state index in [1.165, 1.54) is 0 Å². The number of aliphatic carboxylic acids is 1. The normalized spacial score (nSPS) is 9.93. The Hall–Kier alpha value is -1.03. The van der Waals surface area contributed by atoms with E-state index >= 15 is 0 Å². The molecule has 0 aliphatic heterocycles. The van der Waals surface area contributed by atoms with Gasteiger partial charge in [0.2, 0.25) is 0 Å². The molecular weight excluding hydrogens is 260 g/mol. The highest BCUT2D eigenvalue weighted by Gasteiger charge is 2.00. The van der Waals surface area contributed by atoms with Crippen LogP contribution in [-0.4, -0.2) is 17.7 Å². The smallest absolute Gasteiger partial charge is 0.303 e. The van der Waals surface area contributed by atoms with E-state index in [-0.39, 0.29) is 6.42 Å². The molecule has 15 heavy (non-hydrogen) atoms. The monoisotopic (exact) mass is 272 g/mol. The molecule has 0 spiro atoms. The van der Waals surface area contributed by atoms with E-state index < -0.39 is 5.97 Å². The third-order valence-corrected chi connectivity index (χ3v) is 2.53. The van der Waals surface area contributed by atoms with Crippen LogP contribution < -0.4 is 4.74 Å². The fraction of sp³-hybridized carbons (Fsp3) is 0.364. The van der Waals surface area contributed by atoms with Crippen LogP contribution in [0, 0.1) is 0 Å². The molecule has 0 saturated carbocycles. The highest BCUT2D eigenvalue weighted by Crippen LogP contribution is 2.23. The molecule has 0 aliphatic rings. The fourth-order valence-corrected chi connectivity index (χ4v) is 1.52. The Morgan fingerprint density at radius 2 is 2.07 bits per heavy atom. The van der Waals surface area contributed by atoms with Crippen LogP contribution in [0.1, 0.15) is 19.3 Å². The van der Waals surface area contributed by atoms with Gasteiger partial charge < -0.3 is 9.84 Å². The van der Waals surface area contributed by atoms with Gasteiger partial charge in [0, 0.05) is 6.42 Å². The zero-order valence-electron chi connectivity index (χ0n) is 8.28. The highest BCUT2D eigenvalue weighted by atomic mass is 79.9. The summed E-state index contributed by atoms with van der Waals surface area (Å²) >= 11 is 3.37. The largest absolute Gasteiger partial charge is 0.492 e. The Bertz CT molecular complexity index is 325. The number of carboxylic acids is 1.